The highest BCUT2D eigenvalue weighted by Crippen LogP contribution is 2.22. The number of carbonyl (C=O) groups excluding carboxylic acids is 2. The van der Waals surface area contributed by atoms with E-state index in [2.05, 4.69) is 43.2 Å². The summed E-state index contributed by atoms with van der Waals surface area (Å²) < 4.78 is 11.7. The molecule has 0 spiro atoms. The van der Waals surface area contributed by atoms with Crippen molar-refractivity contribution in [1.82, 2.24) is 4.90 Å². The molecule has 9 nitrogen and oxygen atoms in total. The lowest BCUT2D eigenvalue weighted by molar-refractivity contribution is -0.150. The quantitative estimate of drug-likeness (QED) is 0.0375. The Bertz CT molecular complexity index is 1260. The van der Waals surface area contributed by atoms with Crippen LogP contribution in [0.4, 0.5) is 11.4 Å². The maximum Gasteiger partial charge on any atom is 0.306 e. The number of hydrogen-bond donors (Lipinski definition) is 2. The van der Waals surface area contributed by atoms with Gasteiger partial charge in [-0.3, -0.25) is 19.2 Å². The van der Waals surface area contributed by atoms with Crippen LogP contribution in [0.3, 0.4) is 0 Å². The lowest BCUT2D eigenvalue weighted by atomic mass is 9.92. The van der Waals surface area contributed by atoms with Crippen LogP contribution >= 0.6 is 0 Å². The van der Waals surface area contributed by atoms with E-state index in [1.165, 1.54) is 116 Å². The maximum absolute atomic E-state index is 12.9. The second-order valence-electron chi connectivity index (χ2n) is 18.9. The third kappa shape index (κ3) is 32.0. The van der Waals surface area contributed by atoms with Crippen LogP contribution in [0.25, 0.3) is 0 Å². The van der Waals surface area contributed by atoms with Crippen molar-refractivity contribution in [1.29, 1.82) is 0 Å². The average Bonchev–Trinajstić information content (AvgIpc) is 3.28. The van der Waals surface area contributed by atoms with Gasteiger partial charge in [-0.25, -0.2) is 0 Å². The van der Waals surface area contributed by atoms with Crippen molar-refractivity contribution in [2.24, 2.45) is 5.92 Å². The van der Waals surface area contributed by atoms with Crippen LogP contribution in [0.15, 0.2) is 9.59 Å². The van der Waals surface area contributed by atoms with Crippen LogP contribution in [0.5, 0.6) is 0 Å². The third-order valence-electron chi connectivity index (χ3n) is 13.1. The predicted octanol–water partition coefficient (Wildman–Crippen LogP) is 14.2. The molecule has 0 heterocycles. The zero-order valence-corrected chi connectivity index (χ0v) is 42.0. The summed E-state index contributed by atoms with van der Waals surface area (Å²) in [6.07, 6.45) is 41.2. The molecule has 1 atom stereocenters. The molecule has 0 saturated carbocycles. The lowest BCUT2D eigenvalue weighted by Crippen LogP contribution is -2.37. The summed E-state index contributed by atoms with van der Waals surface area (Å²) >= 11 is 0. The fourth-order valence-electron chi connectivity index (χ4n) is 8.93. The molecule has 1 unspecified atom stereocenters. The van der Waals surface area contributed by atoms with E-state index in [9.17, 15) is 19.2 Å². The zero-order valence-electron chi connectivity index (χ0n) is 42.0. The molecule has 9 heteroatoms. The minimum atomic E-state index is -0.439. The van der Waals surface area contributed by atoms with Crippen molar-refractivity contribution in [3.05, 3.63) is 20.4 Å². The normalized spacial score (nSPS) is 12.1. The zero-order chi connectivity index (χ0) is 46.0. The average molecular weight is 888 g/mol. The Kier molecular flexibility index (Phi) is 39.3. The number of nitrogens with zero attached hydrogens (tertiary/aromatic N) is 1. The smallest absolute Gasteiger partial charge is 0.306 e. The summed E-state index contributed by atoms with van der Waals surface area (Å²) in [7, 11) is 1.67. The van der Waals surface area contributed by atoms with Gasteiger partial charge in [-0.15, -0.1) is 0 Å². The predicted molar refractivity (Wildman–Crippen MR) is 269 cm³/mol. The second-order valence-corrected chi connectivity index (χ2v) is 18.9. The van der Waals surface area contributed by atoms with Gasteiger partial charge >= 0.3 is 11.9 Å². The molecule has 368 valence electrons. The summed E-state index contributed by atoms with van der Waals surface area (Å²) in [5.74, 6) is 0.648. The summed E-state index contributed by atoms with van der Waals surface area (Å²) in [5, 5.41) is 6.03. The molecule has 1 aromatic rings. The molecule has 0 saturated heterocycles. The van der Waals surface area contributed by atoms with Crippen molar-refractivity contribution in [2.75, 3.05) is 50.5 Å². The van der Waals surface area contributed by atoms with Crippen molar-refractivity contribution in [2.45, 2.75) is 265 Å². The molecule has 0 aliphatic carbocycles. The molecular weight excluding hydrogens is 787 g/mol. The molecule has 0 aliphatic heterocycles. The summed E-state index contributed by atoms with van der Waals surface area (Å²) in [6, 6.07) is 0. The Morgan fingerprint density at radius 3 is 1.46 bits per heavy atom. The SMILES string of the molecule is CCCCCCCCC(CCCCCCCC)OC(=O)CCCCCCCN(CCCCCCCC(=O)OCCC(CCCC)CCCCCC)CCCNc1c(NC)c(=O)c1=O. The van der Waals surface area contributed by atoms with Crippen molar-refractivity contribution in [3.8, 4) is 0 Å². The molecule has 2 N–H and O–H groups in total. The van der Waals surface area contributed by atoms with Gasteiger partial charge < -0.3 is 25.0 Å². The van der Waals surface area contributed by atoms with Crippen LogP contribution in [-0.2, 0) is 19.1 Å². The first-order valence-electron chi connectivity index (χ1n) is 27.1. The Balaban J connectivity index is 2.41. The fraction of sp³-hybridized carbons (Fsp3) is 0.889. The van der Waals surface area contributed by atoms with Crippen LogP contribution < -0.4 is 21.5 Å². The van der Waals surface area contributed by atoms with Crippen LogP contribution in [-0.4, -0.2) is 62.8 Å². The first kappa shape index (κ1) is 58.6. The van der Waals surface area contributed by atoms with E-state index in [4.69, 9.17) is 9.47 Å². The molecule has 1 aromatic carbocycles. The van der Waals surface area contributed by atoms with Crippen molar-refractivity contribution < 1.29 is 19.1 Å². The lowest BCUT2D eigenvalue weighted by Gasteiger charge is -2.23. The van der Waals surface area contributed by atoms with Gasteiger partial charge in [0.25, 0.3) is 10.9 Å². The Morgan fingerprint density at radius 1 is 0.476 bits per heavy atom. The van der Waals surface area contributed by atoms with Gasteiger partial charge in [-0.05, 0) is 89.8 Å². The molecule has 0 amide bonds. The molecule has 0 fully saturated rings. The minimum absolute atomic E-state index is 0.00286. The minimum Gasteiger partial charge on any atom is -0.466 e. The summed E-state index contributed by atoms with van der Waals surface area (Å²) in [6.45, 7) is 13.3. The number of carbonyl (C=O) groups is 2. The molecule has 0 aromatic heterocycles. The number of ether oxygens (including phenoxy) is 2. The van der Waals surface area contributed by atoms with E-state index in [1.54, 1.807) is 7.05 Å². The summed E-state index contributed by atoms with van der Waals surface area (Å²) in [5.41, 5.74) is -0.0557. The van der Waals surface area contributed by atoms with E-state index in [1.807, 2.05) is 0 Å². The maximum atomic E-state index is 12.9. The first-order chi connectivity index (χ1) is 30.8. The monoisotopic (exact) mass is 888 g/mol. The number of nitrogens with one attached hydrogen (secondary N) is 2. The number of hydrogen-bond acceptors (Lipinski definition) is 9. The first-order valence-corrected chi connectivity index (χ1v) is 27.1. The molecule has 0 aliphatic rings. The van der Waals surface area contributed by atoms with E-state index in [0.29, 0.717) is 43.3 Å². The highest BCUT2D eigenvalue weighted by molar-refractivity contribution is 5.73. The molecule has 0 bridgehead atoms. The number of esters is 2. The van der Waals surface area contributed by atoms with Crippen molar-refractivity contribution >= 4 is 23.3 Å². The van der Waals surface area contributed by atoms with Crippen molar-refractivity contribution in [3.63, 3.8) is 0 Å². The van der Waals surface area contributed by atoms with E-state index < -0.39 is 10.9 Å². The van der Waals surface area contributed by atoms with Gasteiger partial charge in [0.1, 0.15) is 17.5 Å². The molecular formula is C54H101N3O6. The van der Waals surface area contributed by atoms with Gasteiger partial charge in [0.15, 0.2) is 0 Å². The van der Waals surface area contributed by atoms with Gasteiger partial charge in [0.2, 0.25) is 0 Å². The highest BCUT2D eigenvalue weighted by atomic mass is 16.5. The van der Waals surface area contributed by atoms with Crippen LogP contribution in [0.2, 0.25) is 0 Å². The number of unbranched alkanes of at least 4 members (excludes halogenated alkanes) is 22. The van der Waals surface area contributed by atoms with E-state index in [-0.39, 0.29) is 18.0 Å². The highest BCUT2D eigenvalue weighted by Gasteiger charge is 2.19. The van der Waals surface area contributed by atoms with Gasteiger partial charge in [0, 0.05) is 26.4 Å². The van der Waals surface area contributed by atoms with Gasteiger partial charge in [-0.2, -0.15) is 0 Å². The van der Waals surface area contributed by atoms with Crippen LogP contribution in [0, 0.1) is 5.92 Å². The molecule has 1 rings (SSSR count). The third-order valence-corrected chi connectivity index (χ3v) is 13.1. The van der Waals surface area contributed by atoms with Gasteiger partial charge in [0.05, 0.1) is 6.61 Å². The number of rotatable bonds is 48. The largest absolute Gasteiger partial charge is 0.466 e. The molecule has 63 heavy (non-hydrogen) atoms. The number of anilines is 2. The fourth-order valence-corrected chi connectivity index (χ4v) is 8.93. The summed E-state index contributed by atoms with van der Waals surface area (Å²) in [4.78, 5) is 51.7. The van der Waals surface area contributed by atoms with E-state index >= 15 is 0 Å². The second kappa shape index (κ2) is 42.2. The Labute approximate surface area is 387 Å². The topological polar surface area (TPSA) is 114 Å². The standard InChI is InChI=1S/C54H101N3O6/c1-6-10-14-17-21-28-37-48(38-29-22-18-15-11-7-2)63-50(59)40-31-24-20-26-33-44-57(45-34-42-56-52-51(55-5)53(60)54(52)61)43-32-25-19-23-30-39-49(58)62-46-41-47(35-13-9-4)36-27-16-12-8-3/h47-48,55-56H,6-46H2,1-5H3. The Morgan fingerprint density at radius 2 is 0.905 bits per heavy atom. The van der Waals surface area contributed by atoms with E-state index in [0.717, 1.165) is 122 Å². The Hall–Kier alpha value is -2.42. The van der Waals surface area contributed by atoms with Crippen LogP contribution in [0.1, 0.15) is 259 Å². The van der Waals surface area contributed by atoms with Gasteiger partial charge in [-0.1, -0.05) is 182 Å². The molecule has 0 radical (unpaired) electrons.